The maximum absolute atomic E-state index is 12.5. The van der Waals surface area contributed by atoms with Crippen molar-refractivity contribution >= 4 is 11.9 Å². The molecule has 0 aromatic heterocycles. The average Bonchev–Trinajstić information content (AvgIpc) is 2.59. The molecular formula is C19H21NO4. The Labute approximate surface area is 141 Å². The summed E-state index contributed by atoms with van der Waals surface area (Å²) in [7, 11) is 1.42. The Morgan fingerprint density at radius 3 is 2.38 bits per heavy atom. The number of aromatic carboxylic acids is 1. The van der Waals surface area contributed by atoms with Gasteiger partial charge in [0, 0.05) is 6.54 Å². The van der Waals surface area contributed by atoms with Crippen LogP contribution in [0.3, 0.4) is 0 Å². The Morgan fingerprint density at radius 2 is 1.79 bits per heavy atom. The number of ether oxygens (including phenoxy) is 1. The number of nitrogens with one attached hydrogen (secondary N) is 1. The van der Waals surface area contributed by atoms with Crippen LogP contribution in [-0.4, -0.2) is 24.1 Å². The van der Waals surface area contributed by atoms with Gasteiger partial charge in [0.1, 0.15) is 11.3 Å². The van der Waals surface area contributed by atoms with Gasteiger partial charge in [0.05, 0.1) is 12.5 Å². The molecule has 0 spiro atoms. The Morgan fingerprint density at radius 1 is 1.12 bits per heavy atom. The summed E-state index contributed by atoms with van der Waals surface area (Å²) in [6, 6.07) is 14.4. The van der Waals surface area contributed by atoms with E-state index in [1.807, 2.05) is 44.2 Å². The van der Waals surface area contributed by atoms with Crippen LogP contribution < -0.4 is 10.1 Å². The first-order chi connectivity index (χ1) is 11.4. The molecule has 5 nitrogen and oxygen atoms in total. The van der Waals surface area contributed by atoms with E-state index in [1.54, 1.807) is 12.1 Å². The SMILES string of the molecule is COc1ccc(CNC(=O)C(C)(C)c2ccccc2)cc1C(=O)O. The Hall–Kier alpha value is -2.82. The first kappa shape index (κ1) is 17.5. The zero-order valence-electron chi connectivity index (χ0n) is 14.0. The number of carboxylic acid groups (broad SMARTS) is 1. The topological polar surface area (TPSA) is 75.6 Å². The van der Waals surface area contributed by atoms with Crippen LogP contribution in [0, 0.1) is 0 Å². The molecule has 0 unspecified atom stereocenters. The van der Waals surface area contributed by atoms with Gasteiger partial charge in [-0.1, -0.05) is 36.4 Å². The highest BCUT2D eigenvalue weighted by Gasteiger charge is 2.29. The lowest BCUT2D eigenvalue weighted by atomic mass is 9.83. The number of hydrogen-bond acceptors (Lipinski definition) is 3. The van der Waals surface area contributed by atoms with Crippen molar-refractivity contribution in [1.82, 2.24) is 5.32 Å². The maximum atomic E-state index is 12.5. The third-order valence-corrected chi connectivity index (χ3v) is 4.01. The van der Waals surface area contributed by atoms with Crippen molar-refractivity contribution in [2.24, 2.45) is 0 Å². The summed E-state index contributed by atoms with van der Waals surface area (Å²) in [6.07, 6.45) is 0. The number of hydrogen-bond donors (Lipinski definition) is 2. The Bertz CT molecular complexity index is 738. The summed E-state index contributed by atoms with van der Waals surface area (Å²) in [4.78, 5) is 23.8. The first-order valence-corrected chi connectivity index (χ1v) is 7.60. The Balaban J connectivity index is 2.12. The Kier molecular flexibility index (Phi) is 5.24. The quantitative estimate of drug-likeness (QED) is 0.855. The minimum Gasteiger partial charge on any atom is -0.496 e. The molecule has 24 heavy (non-hydrogen) atoms. The molecule has 0 atom stereocenters. The van der Waals surface area contributed by atoms with Crippen LogP contribution in [0.15, 0.2) is 48.5 Å². The lowest BCUT2D eigenvalue weighted by molar-refractivity contribution is -0.125. The van der Waals surface area contributed by atoms with Crippen molar-refractivity contribution in [3.63, 3.8) is 0 Å². The van der Waals surface area contributed by atoms with E-state index >= 15 is 0 Å². The number of carboxylic acids is 1. The molecule has 0 saturated carbocycles. The zero-order valence-corrected chi connectivity index (χ0v) is 14.0. The summed E-state index contributed by atoms with van der Waals surface area (Å²) >= 11 is 0. The van der Waals surface area contributed by atoms with Gasteiger partial charge in [-0.05, 0) is 37.1 Å². The monoisotopic (exact) mass is 327 g/mol. The summed E-state index contributed by atoms with van der Waals surface area (Å²) < 4.78 is 5.03. The van der Waals surface area contributed by atoms with E-state index in [0.29, 0.717) is 11.3 Å². The van der Waals surface area contributed by atoms with Crippen molar-refractivity contribution in [1.29, 1.82) is 0 Å². The van der Waals surface area contributed by atoms with E-state index < -0.39 is 11.4 Å². The number of methoxy groups -OCH3 is 1. The minimum absolute atomic E-state index is 0.0755. The van der Waals surface area contributed by atoms with E-state index in [1.165, 1.54) is 13.2 Å². The molecule has 0 radical (unpaired) electrons. The molecule has 0 aliphatic heterocycles. The number of carbonyl (C=O) groups excluding carboxylic acids is 1. The third-order valence-electron chi connectivity index (χ3n) is 4.01. The highest BCUT2D eigenvalue weighted by atomic mass is 16.5. The molecule has 0 aliphatic rings. The molecule has 0 fully saturated rings. The van der Waals surface area contributed by atoms with Gasteiger partial charge in [-0.15, -0.1) is 0 Å². The predicted molar refractivity (Wildman–Crippen MR) is 91.3 cm³/mol. The minimum atomic E-state index is -1.07. The van der Waals surface area contributed by atoms with Crippen molar-refractivity contribution in [2.75, 3.05) is 7.11 Å². The highest BCUT2D eigenvalue weighted by molar-refractivity contribution is 5.91. The summed E-state index contributed by atoms with van der Waals surface area (Å²) in [6.45, 7) is 3.96. The molecule has 0 saturated heterocycles. The van der Waals surface area contributed by atoms with Gasteiger partial charge in [0.15, 0.2) is 0 Å². The predicted octanol–water partition coefficient (Wildman–Crippen LogP) is 2.99. The standard InChI is InChI=1S/C19H21NO4/c1-19(2,14-7-5-4-6-8-14)18(23)20-12-13-9-10-16(24-3)15(11-13)17(21)22/h4-11H,12H2,1-3H3,(H,20,23)(H,21,22). The van der Waals surface area contributed by atoms with E-state index in [0.717, 1.165) is 5.56 Å². The zero-order chi connectivity index (χ0) is 17.7. The molecule has 2 aromatic rings. The van der Waals surface area contributed by atoms with Crippen LogP contribution in [0.25, 0.3) is 0 Å². The second-order valence-corrected chi connectivity index (χ2v) is 6.01. The van der Waals surface area contributed by atoms with Crippen molar-refractivity contribution in [3.8, 4) is 5.75 Å². The van der Waals surface area contributed by atoms with E-state index in [9.17, 15) is 14.7 Å². The van der Waals surface area contributed by atoms with E-state index in [2.05, 4.69) is 5.32 Å². The van der Waals surface area contributed by atoms with Crippen LogP contribution >= 0.6 is 0 Å². The number of benzene rings is 2. The number of amides is 1. The maximum Gasteiger partial charge on any atom is 0.339 e. The van der Waals surface area contributed by atoms with Crippen LogP contribution in [0.4, 0.5) is 0 Å². The molecule has 1 amide bonds. The summed E-state index contributed by atoms with van der Waals surface area (Å²) in [5.74, 6) is -0.895. The molecule has 0 aliphatic carbocycles. The van der Waals surface area contributed by atoms with Crippen molar-refractivity contribution in [3.05, 3.63) is 65.2 Å². The fourth-order valence-corrected chi connectivity index (χ4v) is 2.42. The van der Waals surface area contributed by atoms with E-state index in [-0.39, 0.29) is 18.0 Å². The van der Waals surface area contributed by atoms with Crippen molar-refractivity contribution < 1.29 is 19.4 Å². The second-order valence-electron chi connectivity index (χ2n) is 6.01. The number of rotatable bonds is 6. The van der Waals surface area contributed by atoms with Crippen LogP contribution in [0.5, 0.6) is 5.75 Å². The van der Waals surface area contributed by atoms with Crippen LogP contribution in [0.1, 0.15) is 35.3 Å². The molecular weight excluding hydrogens is 306 g/mol. The van der Waals surface area contributed by atoms with Gasteiger partial charge in [0.2, 0.25) is 5.91 Å². The molecule has 0 bridgehead atoms. The highest BCUT2D eigenvalue weighted by Crippen LogP contribution is 2.24. The fraction of sp³-hybridized carbons (Fsp3) is 0.263. The van der Waals surface area contributed by atoms with Gasteiger partial charge >= 0.3 is 5.97 Å². The van der Waals surface area contributed by atoms with Crippen LogP contribution in [-0.2, 0) is 16.8 Å². The smallest absolute Gasteiger partial charge is 0.339 e. The normalized spacial score (nSPS) is 11.0. The van der Waals surface area contributed by atoms with E-state index in [4.69, 9.17) is 4.74 Å². The molecule has 2 aromatic carbocycles. The molecule has 2 rings (SSSR count). The van der Waals surface area contributed by atoms with Gasteiger partial charge in [0.25, 0.3) is 0 Å². The molecule has 2 N–H and O–H groups in total. The fourth-order valence-electron chi connectivity index (χ4n) is 2.42. The van der Waals surface area contributed by atoms with Crippen LogP contribution in [0.2, 0.25) is 0 Å². The summed E-state index contributed by atoms with van der Waals surface area (Å²) in [5, 5.41) is 12.1. The largest absolute Gasteiger partial charge is 0.496 e. The van der Waals surface area contributed by atoms with Gasteiger partial charge in [-0.2, -0.15) is 0 Å². The number of carbonyl (C=O) groups is 2. The molecule has 126 valence electrons. The average molecular weight is 327 g/mol. The van der Waals surface area contributed by atoms with Gasteiger partial charge < -0.3 is 15.2 Å². The molecule has 0 heterocycles. The van der Waals surface area contributed by atoms with Crippen molar-refractivity contribution in [2.45, 2.75) is 25.8 Å². The molecule has 5 heteroatoms. The lowest BCUT2D eigenvalue weighted by Crippen LogP contribution is -2.39. The van der Waals surface area contributed by atoms with Gasteiger partial charge in [-0.25, -0.2) is 4.79 Å². The second kappa shape index (κ2) is 7.17. The summed E-state index contributed by atoms with van der Waals surface area (Å²) in [5.41, 5.74) is 1.02. The lowest BCUT2D eigenvalue weighted by Gasteiger charge is -2.24. The third kappa shape index (κ3) is 3.74. The van der Waals surface area contributed by atoms with Gasteiger partial charge in [-0.3, -0.25) is 4.79 Å². The first-order valence-electron chi connectivity index (χ1n) is 7.60.